The maximum atomic E-state index is 11.9. The molecular formula is C11H16N6O2. The molecule has 1 amide bonds. The summed E-state index contributed by atoms with van der Waals surface area (Å²) < 4.78 is 4.95. The lowest BCUT2D eigenvalue weighted by atomic mass is 10.3. The molecule has 0 saturated heterocycles. The minimum absolute atomic E-state index is 0.0155. The van der Waals surface area contributed by atoms with E-state index in [0.717, 1.165) is 5.82 Å². The van der Waals surface area contributed by atoms with Gasteiger partial charge in [0.05, 0.1) is 6.54 Å². The molecule has 19 heavy (non-hydrogen) atoms. The van der Waals surface area contributed by atoms with Crippen molar-refractivity contribution in [2.24, 2.45) is 0 Å². The Morgan fingerprint density at radius 1 is 1.37 bits per heavy atom. The van der Waals surface area contributed by atoms with Crippen molar-refractivity contribution in [2.75, 3.05) is 7.05 Å². The van der Waals surface area contributed by atoms with Gasteiger partial charge in [0.1, 0.15) is 5.82 Å². The van der Waals surface area contributed by atoms with E-state index >= 15 is 0 Å². The highest BCUT2D eigenvalue weighted by Crippen LogP contribution is 2.04. The molecule has 2 rings (SSSR count). The summed E-state index contributed by atoms with van der Waals surface area (Å²) in [6, 6.07) is 0. The highest BCUT2D eigenvalue weighted by Gasteiger charge is 2.13. The van der Waals surface area contributed by atoms with Crippen LogP contribution in [0.1, 0.15) is 29.8 Å². The minimum Gasteiger partial charge on any atom is -0.339 e. The fraction of sp³-hybridized carbons (Fsp3) is 0.545. The van der Waals surface area contributed by atoms with Gasteiger partial charge in [0.2, 0.25) is 11.8 Å². The number of carbonyl (C=O) groups excluding carboxylic acids is 1. The van der Waals surface area contributed by atoms with Gasteiger partial charge in [0.15, 0.2) is 11.6 Å². The monoisotopic (exact) mass is 264 g/mol. The standard InChI is InChI=1S/C11H16N6O2/c1-7-12-9(15-14-7)6-17(3)11(18)5-4-10-13-8(2)16-19-10/h4-6H2,1-3H3,(H,12,14,15). The fourth-order valence-electron chi connectivity index (χ4n) is 1.61. The number of hydrogen-bond donors (Lipinski definition) is 1. The molecule has 102 valence electrons. The second-order valence-electron chi connectivity index (χ2n) is 4.32. The number of hydrogen-bond acceptors (Lipinski definition) is 6. The Morgan fingerprint density at radius 2 is 2.16 bits per heavy atom. The first-order valence-electron chi connectivity index (χ1n) is 5.95. The van der Waals surface area contributed by atoms with Gasteiger partial charge in [0.25, 0.3) is 0 Å². The van der Waals surface area contributed by atoms with Crippen molar-refractivity contribution in [1.82, 2.24) is 30.2 Å². The Labute approximate surface area is 110 Å². The Morgan fingerprint density at radius 3 is 2.74 bits per heavy atom. The van der Waals surface area contributed by atoms with Crippen LogP contribution in [0.25, 0.3) is 0 Å². The van der Waals surface area contributed by atoms with Crippen molar-refractivity contribution in [1.29, 1.82) is 0 Å². The number of aryl methyl sites for hydroxylation is 3. The Hall–Kier alpha value is -2.25. The van der Waals surface area contributed by atoms with E-state index in [2.05, 4.69) is 25.3 Å². The summed E-state index contributed by atoms with van der Waals surface area (Å²) in [5.41, 5.74) is 0. The third-order valence-corrected chi connectivity index (χ3v) is 2.57. The summed E-state index contributed by atoms with van der Waals surface area (Å²) in [6.45, 7) is 3.94. The second-order valence-corrected chi connectivity index (χ2v) is 4.32. The molecule has 8 nitrogen and oxygen atoms in total. The molecule has 8 heteroatoms. The zero-order valence-electron chi connectivity index (χ0n) is 11.2. The van der Waals surface area contributed by atoms with Gasteiger partial charge in [-0.2, -0.15) is 10.1 Å². The first-order valence-corrected chi connectivity index (χ1v) is 5.95. The van der Waals surface area contributed by atoms with Crippen LogP contribution in [0.15, 0.2) is 4.52 Å². The van der Waals surface area contributed by atoms with Gasteiger partial charge < -0.3 is 9.42 Å². The van der Waals surface area contributed by atoms with E-state index in [1.165, 1.54) is 0 Å². The van der Waals surface area contributed by atoms with Crippen molar-refractivity contribution >= 4 is 5.91 Å². The molecule has 0 atom stereocenters. The number of amides is 1. The van der Waals surface area contributed by atoms with E-state index < -0.39 is 0 Å². The Balaban J connectivity index is 1.82. The third-order valence-electron chi connectivity index (χ3n) is 2.57. The van der Waals surface area contributed by atoms with Gasteiger partial charge in [-0.3, -0.25) is 9.89 Å². The average Bonchev–Trinajstić information content (AvgIpc) is 2.95. The van der Waals surface area contributed by atoms with Gasteiger partial charge in [-0.15, -0.1) is 0 Å². The molecule has 0 unspecified atom stereocenters. The van der Waals surface area contributed by atoms with Crippen LogP contribution in [0.4, 0.5) is 0 Å². The summed E-state index contributed by atoms with van der Waals surface area (Å²) in [5.74, 6) is 2.37. The molecule has 0 aliphatic carbocycles. The lowest BCUT2D eigenvalue weighted by Crippen LogP contribution is -2.27. The zero-order valence-corrected chi connectivity index (χ0v) is 11.2. The first kappa shape index (κ1) is 13.2. The van der Waals surface area contributed by atoms with Gasteiger partial charge in [-0.05, 0) is 13.8 Å². The Bertz CT molecular complexity index is 561. The SMILES string of the molecule is Cc1noc(CCC(=O)N(C)Cc2n[nH]c(C)n2)n1. The van der Waals surface area contributed by atoms with Gasteiger partial charge in [-0.25, -0.2) is 4.98 Å². The zero-order chi connectivity index (χ0) is 13.8. The van der Waals surface area contributed by atoms with Crippen LogP contribution in [-0.4, -0.2) is 43.2 Å². The molecule has 1 N–H and O–H groups in total. The van der Waals surface area contributed by atoms with Crippen molar-refractivity contribution in [2.45, 2.75) is 33.2 Å². The smallest absolute Gasteiger partial charge is 0.227 e. The molecule has 0 saturated carbocycles. The molecule has 0 bridgehead atoms. The topological polar surface area (TPSA) is 101 Å². The van der Waals surface area contributed by atoms with Gasteiger partial charge in [-0.1, -0.05) is 5.16 Å². The number of H-pyrrole nitrogens is 1. The summed E-state index contributed by atoms with van der Waals surface area (Å²) in [4.78, 5) is 21.7. The van der Waals surface area contributed by atoms with E-state index in [1.807, 2.05) is 6.92 Å². The minimum atomic E-state index is -0.0155. The van der Waals surface area contributed by atoms with Crippen LogP contribution < -0.4 is 0 Å². The molecule has 0 aliphatic rings. The van der Waals surface area contributed by atoms with Crippen molar-refractivity contribution < 1.29 is 9.32 Å². The third kappa shape index (κ3) is 3.60. The van der Waals surface area contributed by atoms with E-state index in [9.17, 15) is 4.79 Å². The van der Waals surface area contributed by atoms with E-state index in [4.69, 9.17) is 4.52 Å². The number of rotatable bonds is 5. The summed E-state index contributed by atoms with van der Waals surface area (Å²) in [6.07, 6.45) is 0.762. The van der Waals surface area contributed by atoms with E-state index in [1.54, 1.807) is 18.9 Å². The molecule has 2 aromatic heterocycles. The molecule has 0 aromatic carbocycles. The number of aromatic amines is 1. The quantitative estimate of drug-likeness (QED) is 0.838. The van der Waals surface area contributed by atoms with E-state index in [-0.39, 0.29) is 5.91 Å². The molecular weight excluding hydrogens is 248 g/mol. The number of nitrogens with one attached hydrogen (secondary N) is 1. The molecule has 0 spiro atoms. The Kier molecular flexibility index (Phi) is 3.88. The summed E-state index contributed by atoms with van der Waals surface area (Å²) >= 11 is 0. The second kappa shape index (κ2) is 5.59. The predicted molar refractivity (Wildman–Crippen MR) is 64.9 cm³/mol. The molecule has 0 radical (unpaired) electrons. The van der Waals surface area contributed by atoms with Crippen molar-refractivity contribution in [3.63, 3.8) is 0 Å². The summed E-state index contributed by atoms with van der Waals surface area (Å²) in [5, 5.41) is 10.4. The predicted octanol–water partition coefficient (Wildman–Crippen LogP) is 0.396. The lowest BCUT2D eigenvalue weighted by Gasteiger charge is -2.14. The average molecular weight is 264 g/mol. The van der Waals surface area contributed by atoms with Crippen molar-refractivity contribution in [3.05, 3.63) is 23.4 Å². The maximum Gasteiger partial charge on any atom is 0.227 e. The van der Waals surface area contributed by atoms with Crippen LogP contribution in [0.2, 0.25) is 0 Å². The lowest BCUT2D eigenvalue weighted by molar-refractivity contribution is -0.130. The van der Waals surface area contributed by atoms with E-state index in [0.29, 0.717) is 36.9 Å². The highest BCUT2D eigenvalue weighted by molar-refractivity contribution is 5.75. The maximum absolute atomic E-state index is 11.9. The van der Waals surface area contributed by atoms with Crippen LogP contribution >= 0.6 is 0 Å². The van der Waals surface area contributed by atoms with Crippen molar-refractivity contribution in [3.8, 4) is 0 Å². The fourth-order valence-corrected chi connectivity index (χ4v) is 1.61. The largest absolute Gasteiger partial charge is 0.339 e. The van der Waals surface area contributed by atoms with Crippen LogP contribution in [0, 0.1) is 13.8 Å². The van der Waals surface area contributed by atoms with Crippen LogP contribution in [0.3, 0.4) is 0 Å². The van der Waals surface area contributed by atoms with Crippen LogP contribution in [-0.2, 0) is 17.8 Å². The first-order chi connectivity index (χ1) is 9.04. The molecule has 0 fully saturated rings. The number of carbonyl (C=O) groups is 1. The normalized spacial score (nSPS) is 10.7. The highest BCUT2D eigenvalue weighted by atomic mass is 16.5. The summed E-state index contributed by atoms with van der Waals surface area (Å²) in [7, 11) is 1.72. The molecule has 2 aromatic rings. The molecule has 2 heterocycles. The van der Waals surface area contributed by atoms with Gasteiger partial charge >= 0.3 is 0 Å². The van der Waals surface area contributed by atoms with Gasteiger partial charge in [0, 0.05) is 19.9 Å². The van der Waals surface area contributed by atoms with Crippen LogP contribution in [0.5, 0.6) is 0 Å². The number of aromatic nitrogens is 5. The number of nitrogens with zero attached hydrogens (tertiary/aromatic N) is 5. The molecule has 0 aliphatic heterocycles.